The van der Waals surface area contributed by atoms with Crippen LogP contribution in [0.25, 0.3) is 0 Å². The van der Waals surface area contributed by atoms with Gasteiger partial charge in [-0.25, -0.2) is 13.6 Å². The Balaban J connectivity index is 2.70. The molecule has 1 aromatic carbocycles. The number of hydrogen-bond donors (Lipinski definition) is 1. The Morgan fingerprint density at radius 2 is 1.50 bits per heavy atom. The topological polar surface area (TPSA) is 60.2 Å². The van der Waals surface area contributed by atoms with Crippen molar-refractivity contribution >= 4 is 10.0 Å². The first-order chi connectivity index (χ1) is 8.04. The summed E-state index contributed by atoms with van der Waals surface area (Å²) in [7, 11) is -3.62. The number of nitrogens with two attached hydrogens (primary N) is 1. The summed E-state index contributed by atoms with van der Waals surface area (Å²) in [6.07, 6.45) is 2.17. The summed E-state index contributed by atoms with van der Waals surface area (Å²) in [5.41, 5.74) is 2.46. The van der Waals surface area contributed by atoms with Gasteiger partial charge in [0.05, 0.1) is 4.90 Å². The molecule has 0 saturated heterocycles. The molecule has 1 aliphatic carbocycles. The third-order valence-electron chi connectivity index (χ3n) is 4.15. The Morgan fingerprint density at radius 1 is 1.00 bits per heavy atom. The minimum absolute atomic E-state index is 0.00551. The maximum atomic E-state index is 11.5. The normalized spacial score (nSPS) is 21.4. The van der Waals surface area contributed by atoms with Crippen molar-refractivity contribution in [3.63, 3.8) is 0 Å². The van der Waals surface area contributed by atoms with Gasteiger partial charge in [0.2, 0.25) is 10.0 Å². The third-order valence-corrected chi connectivity index (χ3v) is 5.06. The van der Waals surface area contributed by atoms with E-state index in [2.05, 4.69) is 27.7 Å². The zero-order valence-corrected chi connectivity index (χ0v) is 12.3. The first kappa shape index (κ1) is 13.6. The Labute approximate surface area is 109 Å². The molecule has 0 amide bonds. The fourth-order valence-corrected chi connectivity index (χ4v) is 3.28. The zero-order chi connectivity index (χ0) is 13.8. The van der Waals surface area contributed by atoms with E-state index in [4.69, 9.17) is 5.14 Å². The number of hydrogen-bond acceptors (Lipinski definition) is 2. The predicted octanol–water partition coefficient (Wildman–Crippen LogP) is 2.68. The summed E-state index contributed by atoms with van der Waals surface area (Å²) in [5, 5.41) is 5.22. The average molecular weight is 267 g/mol. The van der Waals surface area contributed by atoms with E-state index >= 15 is 0 Å². The number of primary sulfonamides is 1. The first-order valence-electron chi connectivity index (χ1n) is 6.22. The van der Waals surface area contributed by atoms with E-state index in [9.17, 15) is 8.42 Å². The minimum atomic E-state index is -3.62. The lowest BCUT2D eigenvalue weighted by Crippen LogP contribution is -2.34. The quantitative estimate of drug-likeness (QED) is 0.850. The summed E-state index contributed by atoms with van der Waals surface area (Å²) < 4.78 is 22.9. The predicted molar refractivity (Wildman–Crippen MR) is 73.1 cm³/mol. The van der Waals surface area contributed by atoms with E-state index in [0.29, 0.717) is 0 Å². The van der Waals surface area contributed by atoms with E-state index < -0.39 is 10.0 Å². The summed E-state index contributed by atoms with van der Waals surface area (Å²) >= 11 is 0. The molecule has 0 spiro atoms. The van der Waals surface area contributed by atoms with Crippen LogP contribution >= 0.6 is 0 Å². The van der Waals surface area contributed by atoms with Gasteiger partial charge in [0.15, 0.2) is 0 Å². The van der Waals surface area contributed by atoms with Crippen LogP contribution in [-0.4, -0.2) is 8.42 Å². The molecule has 3 nitrogen and oxygen atoms in total. The molecule has 0 unspecified atom stereocenters. The highest BCUT2D eigenvalue weighted by molar-refractivity contribution is 7.89. The van der Waals surface area contributed by atoms with Crippen molar-refractivity contribution in [2.45, 2.75) is 56.3 Å². The molecule has 0 heterocycles. The van der Waals surface area contributed by atoms with E-state index in [1.54, 1.807) is 12.1 Å². The molecule has 4 heteroatoms. The van der Waals surface area contributed by atoms with Gasteiger partial charge in [-0.05, 0) is 46.9 Å². The van der Waals surface area contributed by atoms with Crippen LogP contribution in [0, 0.1) is 0 Å². The van der Waals surface area contributed by atoms with Crippen molar-refractivity contribution in [2.75, 3.05) is 0 Å². The van der Waals surface area contributed by atoms with Gasteiger partial charge in [-0.15, -0.1) is 0 Å². The molecule has 2 rings (SSSR count). The lowest BCUT2D eigenvalue weighted by Gasteiger charge is -2.41. The van der Waals surface area contributed by atoms with Gasteiger partial charge < -0.3 is 0 Å². The summed E-state index contributed by atoms with van der Waals surface area (Å²) in [6.45, 7) is 8.73. The van der Waals surface area contributed by atoms with Gasteiger partial charge in [0.25, 0.3) is 0 Å². The van der Waals surface area contributed by atoms with Gasteiger partial charge in [-0.3, -0.25) is 0 Å². The fourth-order valence-electron chi connectivity index (χ4n) is 2.74. The van der Waals surface area contributed by atoms with Gasteiger partial charge in [-0.2, -0.15) is 0 Å². The first-order valence-corrected chi connectivity index (χ1v) is 7.76. The van der Waals surface area contributed by atoms with Crippen LogP contribution in [-0.2, 0) is 20.9 Å². The highest BCUT2D eigenvalue weighted by atomic mass is 32.2. The number of sulfonamides is 1. The molecule has 0 aromatic heterocycles. The van der Waals surface area contributed by atoms with Crippen molar-refractivity contribution in [3.8, 4) is 0 Å². The van der Waals surface area contributed by atoms with Gasteiger partial charge in [0.1, 0.15) is 0 Å². The summed E-state index contributed by atoms with van der Waals surface area (Å²) in [4.78, 5) is 0.215. The third kappa shape index (κ3) is 2.19. The van der Waals surface area contributed by atoms with Gasteiger partial charge in [0, 0.05) is 0 Å². The largest absolute Gasteiger partial charge is 0.238 e. The van der Waals surface area contributed by atoms with Crippen molar-refractivity contribution in [2.24, 2.45) is 5.14 Å². The molecule has 0 atom stereocenters. The molecule has 1 aliphatic rings. The molecule has 2 N–H and O–H groups in total. The van der Waals surface area contributed by atoms with Crippen molar-refractivity contribution in [1.82, 2.24) is 0 Å². The monoisotopic (exact) mass is 267 g/mol. The Kier molecular flexibility index (Phi) is 2.87. The molecular formula is C14H21NO2S. The Bertz CT molecular complexity index is 586. The van der Waals surface area contributed by atoms with Crippen LogP contribution in [0.15, 0.2) is 23.1 Å². The zero-order valence-electron chi connectivity index (χ0n) is 11.4. The van der Waals surface area contributed by atoms with Crippen LogP contribution in [0.1, 0.15) is 51.7 Å². The van der Waals surface area contributed by atoms with Gasteiger partial charge >= 0.3 is 0 Å². The van der Waals surface area contributed by atoms with Crippen molar-refractivity contribution in [3.05, 3.63) is 29.3 Å². The second-order valence-electron chi connectivity index (χ2n) is 6.52. The maximum absolute atomic E-state index is 11.5. The van der Waals surface area contributed by atoms with Crippen LogP contribution in [0.2, 0.25) is 0 Å². The summed E-state index contributed by atoms with van der Waals surface area (Å²) in [6, 6.07) is 5.30. The second-order valence-corrected chi connectivity index (χ2v) is 8.08. The molecule has 0 radical (unpaired) electrons. The molecule has 0 fully saturated rings. The number of benzene rings is 1. The lowest BCUT2D eigenvalue weighted by atomic mass is 9.63. The van der Waals surface area contributed by atoms with Crippen LogP contribution in [0.5, 0.6) is 0 Å². The van der Waals surface area contributed by atoms with E-state index in [-0.39, 0.29) is 15.7 Å². The molecule has 0 bridgehead atoms. The van der Waals surface area contributed by atoms with Crippen molar-refractivity contribution in [1.29, 1.82) is 0 Å². The SMILES string of the molecule is CC1(C)CCC(C)(C)c2cc(S(N)(=O)=O)ccc21. The molecule has 0 saturated carbocycles. The Morgan fingerprint density at radius 3 is 2.00 bits per heavy atom. The van der Waals surface area contributed by atoms with Crippen molar-refractivity contribution < 1.29 is 8.42 Å². The molecule has 1 aromatic rings. The second kappa shape index (κ2) is 3.81. The number of fused-ring (bicyclic) bond motifs is 1. The summed E-state index contributed by atoms with van der Waals surface area (Å²) in [5.74, 6) is 0. The van der Waals surface area contributed by atoms with Crippen LogP contribution in [0.4, 0.5) is 0 Å². The molecule has 100 valence electrons. The highest BCUT2D eigenvalue weighted by Crippen LogP contribution is 2.46. The smallest absolute Gasteiger partial charge is 0.225 e. The molecule has 18 heavy (non-hydrogen) atoms. The highest BCUT2D eigenvalue weighted by Gasteiger charge is 2.37. The lowest BCUT2D eigenvalue weighted by molar-refractivity contribution is 0.331. The molecular weight excluding hydrogens is 246 g/mol. The van der Waals surface area contributed by atoms with Gasteiger partial charge in [-0.1, -0.05) is 33.8 Å². The molecule has 0 aliphatic heterocycles. The van der Waals surface area contributed by atoms with E-state index in [1.807, 2.05) is 6.07 Å². The van der Waals surface area contributed by atoms with E-state index in [1.165, 1.54) is 5.56 Å². The average Bonchev–Trinajstić information content (AvgIpc) is 2.23. The minimum Gasteiger partial charge on any atom is -0.225 e. The number of rotatable bonds is 1. The standard InChI is InChI=1S/C14H21NO2S/c1-13(2)7-8-14(3,4)12-9-10(18(15,16)17)5-6-11(12)13/h5-6,9H,7-8H2,1-4H3,(H2,15,16,17). The Hall–Kier alpha value is -0.870. The van der Waals surface area contributed by atoms with E-state index in [0.717, 1.165) is 18.4 Å². The van der Waals surface area contributed by atoms with Crippen LogP contribution < -0.4 is 5.14 Å². The maximum Gasteiger partial charge on any atom is 0.238 e. The van der Waals surface area contributed by atoms with Crippen LogP contribution in [0.3, 0.4) is 0 Å². The fraction of sp³-hybridized carbons (Fsp3) is 0.571.